The first-order chi connectivity index (χ1) is 5.33. The summed E-state index contributed by atoms with van der Waals surface area (Å²) >= 11 is 1.37. The number of carbonyl (C=O) groups excluding carboxylic acids is 1. The molecule has 0 aromatic heterocycles. The highest BCUT2D eigenvalue weighted by Gasteiger charge is 2.11. The molecule has 12 heavy (non-hydrogen) atoms. The Morgan fingerprint density at radius 3 is 2.25 bits per heavy atom. The van der Waals surface area contributed by atoms with E-state index in [1.807, 2.05) is 0 Å². The van der Waals surface area contributed by atoms with Gasteiger partial charge in [-0.05, 0) is 24.3 Å². The zero-order chi connectivity index (χ0) is 9.78. The van der Waals surface area contributed by atoms with Crippen LogP contribution in [0.15, 0.2) is 12.2 Å². The van der Waals surface area contributed by atoms with Gasteiger partial charge in [0.25, 0.3) is 0 Å². The summed E-state index contributed by atoms with van der Waals surface area (Å²) in [4.78, 5) is 11.1. The summed E-state index contributed by atoms with van der Waals surface area (Å²) < 4.78 is 0. The quantitative estimate of drug-likeness (QED) is 0.629. The van der Waals surface area contributed by atoms with Gasteiger partial charge in [-0.1, -0.05) is 39.1 Å². The molecule has 0 aliphatic rings. The lowest BCUT2D eigenvalue weighted by Crippen LogP contribution is -2.07. The van der Waals surface area contributed by atoms with E-state index in [0.717, 1.165) is 12.2 Å². The van der Waals surface area contributed by atoms with E-state index in [9.17, 15) is 4.79 Å². The molecule has 0 aliphatic heterocycles. The van der Waals surface area contributed by atoms with Crippen molar-refractivity contribution in [2.24, 2.45) is 5.41 Å². The predicted molar refractivity (Wildman–Crippen MR) is 56.4 cm³/mol. The van der Waals surface area contributed by atoms with Crippen LogP contribution in [0.2, 0.25) is 0 Å². The second-order valence-corrected chi connectivity index (χ2v) is 5.29. The first kappa shape index (κ1) is 11.8. The van der Waals surface area contributed by atoms with Crippen molar-refractivity contribution in [1.29, 1.82) is 0 Å². The van der Waals surface area contributed by atoms with E-state index in [4.69, 9.17) is 0 Å². The molecule has 0 aromatic carbocycles. The third-order valence-corrected chi connectivity index (χ3v) is 2.45. The van der Waals surface area contributed by atoms with E-state index in [1.165, 1.54) is 11.8 Å². The SMILES string of the molecule is C=C(C)C(=O)SCCC(C)(C)C. The maximum absolute atomic E-state index is 11.1. The molecule has 0 radical (unpaired) electrons. The van der Waals surface area contributed by atoms with Crippen molar-refractivity contribution in [2.75, 3.05) is 5.75 Å². The Labute approximate surface area is 79.6 Å². The van der Waals surface area contributed by atoms with Crippen LogP contribution in [-0.2, 0) is 4.79 Å². The summed E-state index contributed by atoms with van der Waals surface area (Å²) in [6, 6.07) is 0. The topological polar surface area (TPSA) is 17.1 Å². The zero-order valence-corrected chi connectivity index (χ0v) is 9.25. The van der Waals surface area contributed by atoms with Gasteiger partial charge in [0.2, 0.25) is 5.12 Å². The first-order valence-electron chi connectivity index (χ1n) is 4.15. The van der Waals surface area contributed by atoms with E-state index in [-0.39, 0.29) is 5.12 Å². The minimum absolute atomic E-state index is 0.124. The van der Waals surface area contributed by atoms with E-state index < -0.39 is 0 Å². The lowest BCUT2D eigenvalue weighted by molar-refractivity contribution is -0.107. The number of carbonyl (C=O) groups is 1. The van der Waals surface area contributed by atoms with Gasteiger partial charge in [0, 0.05) is 5.75 Å². The molecule has 0 fully saturated rings. The van der Waals surface area contributed by atoms with Crippen molar-refractivity contribution in [3.05, 3.63) is 12.2 Å². The molecule has 0 heterocycles. The minimum Gasteiger partial charge on any atom is -0.282 e. The van der Waals surface area contributed by atoms with Crippen LogP contribution in [0.3, 0.4) is 0 Å². The zero-order valence-electron chi connectivity index (χ0n) is 8.44. The van der Waals surface area contributed by atoms with Crippen LogP contribution < -0.4 is 0 Å². The van der Waals surface area contributed by atoms with Crippen molar-refractivity contribution in [2.45, 2.75) is 34.1 Å². The highest BCUT2D eigenvalue weighted by atomic mass is 32.2. The van der Waals surface area contributed by atoms with Crippen molar-refractivity contribution in [3.63, 3.8) is 0 Å². The van der Waals surface area contributed by atoms with Gasteiger partial charge in [-0.25, -0.2) is 0 Å². The Bertz CT molecular complexity index is 177. The standard InChI is InChI=1S/C10H18OS/c1-8(2)9(11)12-7-6-10(3,4)5/h1,6-7H2,2-5H3. The monoisotopic (exact) mass is 186 g/mol. The smallest absolute Gasteiger partial charge is 0.214 e. The molecule has 0 spiro atoms. The normalized spacial score (nSPS) is 11.3. The maximum atomic E-state index is 11.1. The molecule has 0 saturated carbocycles. The molecule has 0 atom stereocenters. The fraction of sp³-hybridized carbons (Fsp3) is 0.700. The van der Waals surface area contributed by atoms with Gasteiger partial charge in [0.15, 0.2) is 0 Å². The maximum Gasteiger partial charge on any atom is 0.214 e. The third kappa shape index (κ3) is 6.47. The summed E-state index contributed by atoms with van der Waals surface area (Å²) in [5, 5.41) is 0.124. The number of hydrogen-bond acceptors (Lipinski definition) is 2. The van der Waals surface area contributed by atoms with Gasteiger partial charge in [-0.2, -0.15) is 0 Å². The average molecular weight is 186 g/mol. The molecule has 0 aliphatic carbocycles. The molecule has 0 bridgehead atoms. The Balaban J connectivity index is 3.58. The fourth-order valence-electron chi connectivity index (χ4n) is 0.573. The van der Waals surface area contributed by atoms with E-state index in [2.05, 4.69) is 27.4 Å². The summed E-state index contributed by atoms with van der Waals surface area (Å²) in [5.41, 5.74) is 0.969. The van der Waals surface area contributed by atoms with E-state index >= 15 is 0 Å². The highest BCUT2D eigenvalue weighted by molar-refractivity contribution is 8.14. The first-order valence-corrected chi connectivity index (χ1v) is 5.14. The molecule has 70 valence electrons. The summed E-state index contributed by atoms with van der Waals surface area (Å²) in [6.07, 6.45) is 1.07. The molecular formula is C10H18OS. The second-order valence-electron chi connectivity index (χ2n) is 4.23. The lowest BCUT2D eigenvalue weighted by atomic mass is 9.94. The Hall–Kier alpha value is -0.240. The summed E-state index contributed by atoms with van der Waals surface area (Å²) in [6.45, 7) is 11.9. The van der Waals surface area contributed by atoms with Gasteiger partial charge in [-0.15, -0.1) is 0 Å². The molecule has 1 nitrogen and oxygen atoms in total. The number of thioether (sulfide) groups is 1. The second kappa shape index (κ2) is 4.70. The van der Waals surface area contributed by atoms with Crippen LogP contribution in [0.4, 0.5) is 0 Å². The third-order valence-electron chi connectivity index (χ3n) is 1.43. The van der Waals surface area contributed by atoms with Crippen molar-refractivity contribution < 1.29 is 4.79 Å². The Kier molecular flexibility index (Phi) is 4.61. The molecular weight excluding hydrogens is 168 g/mol. The van der Waals surface area contributed by atoms with Crippen molar-refractivity contribution in [3.8, 4) is 0 Å². The van der Waals surface area contributed by atoms with Gasteiger partial charge in [-0.3, -0.25) is 4.79 Å². The van der Waals surface area contributed by atoms with Crippen LogP contribution in [-0.4, -0.2) is 10.9 Å². The largest absolute Gasteiger partial charge is 0.282 e. The average Bonchev–Trinajstić information content (AvgIpc) is 1.84. The molecule has 0 rings (SSSR count). The number of hydrogen-bond donors (Lipinski definition) is 0. The highest BCUT2D eigenvalue weighted by Crippen LogP contribution is 2.22. The minimum atomic E-state index is 0.124. The summed E-state index contributed by atoms with van der Waals surface area (Å²) in [5.74, 6) is 0.898. The molecule has 0 amide bonds. The predicted octanol–water partition coefficient (Wildman–Crippen LogP) is 3.26. The summed E-state index contributed by atoms with van der Waals surface area (Å²) in [7, 11) is 0. The van der Waals surface area contributed by atoms with Crippen LogP contribution in [0.25, 0.3) is 0 Å². The van der Waals surface area contributed by atoms with Crippen LogP contribution in [0.1, 0.15) is 34.1 Å². The Morgan fingerprint density at radius 1 is 1.42 bits per heavy atom. The Morgan fingerprint density at radius 2 is 1.92 bits per heavy atom. The van der Waals surface area contributed by atoms with E-state index in [1.54, 1.807) is 6.92 Å². The van der Waals surface area contributed by atoms with Crippen LogP contribution in [0, 0.1) is 5.41 Å². The van der Waals surface area contributed by atoms with Crippen LogP contribution in [0.5, 0.6) is 0 Å². The molecule has 0 aromatic rings. The number of rotatable bonds is 3. The molecule has 0 N–H and O–H groups in total. The molecule has 2 heteroatoms. The molecule has 0 unspecified atom stereocenters. The van der Waals surface area contributed by atoms with Gasteiger partial charge >= 0.3 is 0 Å². The fourth-order valence-corrected chi connectivity index (χ4v) is 1.72. The van der Waals surface area contributed by atoms with Crippen LogP contribution >= 0.6 is 11.8 Å². The van der Waals surface area contributed by atoms with E-state index in [0.29, 0.717) is 11.0 Å². The lowest BCUT2D eigenvalue weighted by Gasteiger charge is -2.16. The molecule has 0 saturated heterocycles. The van der Waals surface area contributed by atoms with Gasteiger partial charge in [0.05, 0.1) is 0 Å². The van der Waals surface area contributed by atoms with Gasteiger partial charge in [0.1, 0.15) is 0 Å². The van der Waals surface area contributed by atoms with Crippen molar-refractivity contribution >= 4 is 16.9 Å². The van der Waals surface area contributed by atoms with Gasteiger partial charge < -0.3 is 0 Å². The van der Waals surface area contributed by atoms with Crippen molar-refractivity contribution in [1.82, 2.24) is 0 Å².